The van der Waals surface area contributed by atoms with Crippen LogP contribution in [0.2, 0.25) is 0 Å². The van der Waals surface area contributed by atoms with E-state index in [1.165, 1.54) is 11.6 Å². The second-order valence-corrected chi connectivity index (χ2v) is 12.4. The maximum atomic E-state index is 14.5. The second-order valence-electron chi connectivity index (χ2n) is 12.4. The average Bonchev–Trinajstić information content (AvgIpc) is 3.75. The van der Waals surface area contributed by atoms with Crippen LogP contribution in [0.15, 0.2) is 66.9 Å². The van der Waals surface area contributed by atoms with Gasteiger partial charge in [0.15, 0.2) is 0 Å². The van der Waals surface area contributed by atoms with E-state index < -0.39 is 11.7 Å². The number of anilines is 1. The lowest BCUT2D eigenvalue weighted by Crippen LogP contribution is -2.50. The van der Waals surface area contributed by atoms with E-state index in [4.69, 9.17) is 4.74 Å². The maximum Gasteiger partial charge on any atom is 0.407 e. The number of carbonyl (C=O) groups is 2. The smallest absolute Gasteiger partial charge is 0.407 e. The molecule has 2 unspecified atom stereocenters. The van der Waals surface area contributed by atoms with Crippen molar-refractivity contribution >= 4 is 17.7 Å². The van der Waals surface area contributed by atoms with Gasteiger partial charge in [-0.05, 0) is 80.5 Å². The number of benzene rings is 2. The SMILES string of the molecule is CCCc1ccc(-c2ccc(N(C[C@@H](NC(=O)OC(C)(C)C)[C@@H](C)CC)C(=O)C3CC3c3ncccc3F)cc2)cc1. The molecule has 0 aliphatic heterocycles. The van der Waals surface area contributed by atoms with Gasteiger partial charge in [0, 0.05) is 30.3 Å². The summed E-state index contributed by atoms with van der Waals surface area (Å²) in [7, 11) is 0. The Morgan fingerprint density at radius 2 is 1.69 bits per heavy atom. The molecular weight excluding hydrogens is 529 g/mol. The minimum atomic E-state index is -0.641. The second kappa shape index (κ2) is 13.5. The summed E-state index contributed by atoms with van der Waals surface area (Å²) in [6, 6.07) is 19.1. The van der Waals surface area contributed by atoms with Crippen molar-refractivity contribution in [2.24, 2.45) is 11.8 Å². The van der Waals surface area contributed by atoms with E-state index >= 15 is 0 Å². The molecule has 1 fully saturated rings. The summed E-state index contributed by atoms with van der Waals surface area (Å²) < 4.78 is 20.0. The van der Waals surface area contributed by atoms with Gasteiger partial charge in [0.25, 0.3) is 0 Å². The maximum absolute atomic E-state index is 14.5. The van der Waals surface area contributed by atoms with Crippen LogP contribution in [0.5, 0.6) is 0 Å². The summed E-state index contributed by atoms with van der Waals surface area (Å²) >= 11 is 0. The quantitative estimate of drug-likeness (QED) is 0.253. The monoisotopic (exact) mass is 573 g/mol. The third-order valence-electron chi connectivity index (χ3n) is 7.93. The van der Waals surface area contributed by atoms with Gasteiger partial charge in [0.1, 0.15) is 11.4 Å². The molecule has 2 aromatic carbocycles. The standard InChI is InChI=1S/C35H44FN3O3/c1-7-10-24-12-14-25(15-13-24)26-16-18-27(19-17-26)39(22-31(23(3)8-2)38-34(41)42-35(4,5)6)33(40)29-21-28(29)32-30(36)11-9-20-37-32/h9,11-20,23,28-29,31H,7-8,10,21-22H2,1-6H3,(H,38,41)/t23-,28?,29?,31+/m0/s1. The highest BCUT2D eigenvalue weighted by Crippen LogP contribution is 2.49. The first-order chi connectivity index (χ1) is 20.0. The number of hydrogen-bond acceptors (Lipinski definition) is 4. The number of amides is 2. The predicted molar refractivity (Wildman–Crippen MR) is 166 cm³/mol. The highest BCUT2D eigenvalue weighted by molar-refractivity contribution is 5.98. The average molecular weight is 574 g/mol. The van der Waals surface area contributed by atoms with Crippen LogP contribution in [0, 0.1) is 17.7 Å². The highest BCUT2D eigenvalue weighted by atomic mass is 19.1. The number of ether oxygens (including phenoxy) is 1. The van der Waals surface area contributed by atoms with E-state index in [9.17, 15) is 14.0 Å². The van der Waals surface area contributed by atoms with Crippen LogP contribution < -0.4 is 10.2 Å². The molecule has 4 atom stereocenters. The van der Waals surface area contributed by atoms with Crippen molar-refractivity contribution in [3.8, 4) is 11.1 Å². The van der Waals surface area contributed by atoms with E-state index in [0.717, 1.165) is 36.1 Å². The van der Waals surface area contributed by atoms with Crippen LogP contribution >= 0.6 is 0 Å². The molecule has 3 aromatic rings. The zero-order valence-electron chi connectivity index (χ0n) is 25.7. The molecule has 1 aliphatic carbocycles. The van der Waals surface area contributed by atoms with Crippen molar-refractivity contribution in [1.29, 1.82) is 0 Å². The van der Waals surface area contributed by atoms with Gasteiger partial charge in [-0.25, -0.2) is 9.18 Å². The zero-order valence-corrected chi connectivity index (χ0v) is 25.7. The van der Waals surface area contributed by atoms with Gasteiger partial charge >= 0.3 is 6.09 Å². The molecule has 0 spiro atoms. The summed E-state index contributed by atoms with van der Waals surface area (Å²) in [5.41, 5.74) is 3.90. The first-order valence-corrected chi connectivity index (χ1v) is 15.1. The van der Waals surface area contributed by atoms with Crippen LogP contribution in [0.3, 0.4) is 0 Å². The highest BCUT2D eigenvalue weighted by Gasteiger charge is 2.48. The Kier molecular flexibility index (Phi) is 10.0. The van der Waals surface area contributed by atoms with E-state index in [1.807, 2.05) is 45.0 Å². The van der Waals surface area contributed by atoms with Gasteiger partial charge in [0.2, 0.25) is 5.91 Å². The van der Waals surface area contributed by atoms with Crippen molar-refractivity contribution in [3.05, 3.63) is 83.9 Å². The summed E-state index contributed by atoms with van der Waals surface area (Å²) in [6.45, 7) is 12.0. The van der Waals surface area contributed by atoms with Gasteiger partial charge < -0.3 is 15.0 Å². The van der Waals surface area contributed by atoms with Crippen LogP contribution in [-0.2, 0) is 16.0 Å². The number of rotatable bonds is 11. The van der Waals surface area contributed by atoms with E-state index in [-0.39, 0.29) is 42.1 Å². The Morgan fingerprint density at radius 3 is 2.26 bits per heavy atom. The normalized spacial score (nSPS) is 17.7. The van der Waals surface area contributed by atoms with E-state index in [0.29, 0.717) is 12.1 Å². The number of carbonyl (C=O) groups excluding carboxylic acids is 2. The number of hydrogen-bond donors (Lipinski definition) is 1. The fraction of sp³-hybridized carbons (Fsp3) is 0.457. The minimum Gasteiger partial charge on any atom is -0.444 e. The lowest BCUT2D eigenvalue weighted by atomic mass is 9.97. The molecule has 42 heavy (non-hydrogen) atoms. The molecule has 0 bridgehead atoms. The Labute approximate surface area is 249 Å². The molecule has 1 aliphatic rings. The van der Waals surface area contributed by atoms with Crippen LogP contribution in [0.25, 0.3) is 11.1 Å². The molecule has 4 rings (SSSR count). The summed E-state index contributed by atoms with van der Waals surface area (Å²) in [4.78, 5) is 32.8. The summed E-state index contributed by atoms with van der Waals surface area (Å²) in [6.07, 6.45) is 4.55. The first kappa shape index (κ1) is 31.2. The molecule has 7 heteroatoms. The van der Waals surface area contributed by atoms with Crippen molar-refractivity contribution < 1.29 is 18.7 Å². The zero-order chi connectivity index (χ0) is 30.4. The van der Waals surface area contributed by atoms with E-state index in [1.54, 1.807) is 17.2 Å². The Bertz CT molecular complexity index is 1350. The Balaban J connectivity index is 1.61. The molecule has 1 heterocycles. The van der Waals surface area contributed by atoms with Crippen molar-refractivity contribution in [3.63, 3.8) is 0 Å². The lowest BCUT2D eigenvalue weighted by Gasteiger charge is -2.32. The molecule has 0 radical (unpaired) electrons. The predicted octanol–water partition coefficient (Wildman–Crippen LogP) is 7.92. The summed E-state index contributed by atoms with van der Waals surface area (Å²) in [5.74, 6) is -1.04. The number of halogens is 1. The largest absolute Gasteiger partial charge is 0.444 e. The third kappa shape index (κ3) is 7.96. The number of pyridine rings is 1. The number of nitrogens with one attached hydrogen (secondary N) is 1. The Morgan fingerprint density at radius 1 is 1.05 bits per heavy atom. The van der Waals surface area contributed by atoms with Crippen molar-refractivity contribution in [2.45, 2.75) is 84.8 Å². The number of nitrogens with zero attached hydrogens (tertiary/aromatic N) is 2. The minimum absolute atomic E-state index is 0.0805. The summed E-state index contributed by atoms with van der Waals surface area (Å²) in [5, 5.41) is 3.02. The fourth-order valence-electron chi connectivity index (χ4n) is 5.26. The molecule has 0 saturated heterocycles. The number of alkyl carbamates (subject to hydrolysis) is 1. The van der Waals surface area contributed by atoms with Crippen LogP contribution in [0.1, 0.15) is 78.0 Å². The molecule has 2 amide bonds. The Hall–Kier alpha value is -3.74. The van der Waals surface area contributed by atoms with Gasteiger partial charge in [0.05, 0.1) is 11.7 Å². The molecular formula is C35H44FN3O3. The molecule has 1 N–H and O–H groups in total. The third-order valence-corrected chi connectivity index (χ3v) is 7.93. The van der Waals surface area contributed by atoms with Gasteiger partial charge in [-0.1, -0.05) is 70.0 Å². The van der Waals surface area contributed by atoms with Gasteiger partial charge in [-0.2, -0.15) is 0 Å². The molecule has 6 nitrogen and oxygen atoms in total. The van der Waals surface area contributed by atoms with Crippen molar-refractivity contribution in [2.75, 3.05) is 11.4 Å². The van der Waals surface area contributed by atoms with Crippen LogP contribution in [0.4, 0.5) is 14.9 Å². The van der Waals surface area contributed by atoms with Gasteiger partial charge in [-0.15, -0.1) is 0 Å². The number of aryl methyl sites for hydroxylation is 1. The molecule has 224 valence electrons. The molecule has 1 saturated carbocycles. The van der Waals surface area contributed by atoms with Crippen LogP contribution in [-0.4, -0.2) is 35.2 Å². The van der Waals surface area contributed by atoms with Gasteiger partial charge in [-0.3, -0.25) is 9.78 Å². The lowest BCUT2D eigenvalue weighted by molar-refractivity contribution is -0.120. The number of aromatic nitrogens is 1. The van der Waals surface area contributed by atoms with E-state index in [2.05, 4.69) is 55.3 Å². The first-order valence-electron chi connectivity index (χ1n) is 15.1. The topological polar surface area (TPSA) is 71.5 Å². The molecule has 1 aromatic heterocycles. The van der Waals surface area contributed by atoms with Crippen molar-refractivity contribution in [1.82, 2.24) is 10.3 Å². The fourth-order valence-corrected chi connectivity index (χ4v) is 5.26.